The van der Waals surface area contributed by atoms with Crippen LogP contribution in [0, 0.1) is 17.2 Å². The van der Waals surface area contributed by atoms with Crippen molar-refractivity contribution in [3.63, 3.8) is 0 Å². The summed E-state index contributed by atoms with van der Waals surface area (Å²) in [6, 6.07) is 9.10. The van der Waals surface area contributed by atoms with Crippen LogP contribution >= 0.6 is 0 Å². The van der Waals surface area contributed by atoms with Crippen LogP contribution < -0.4 is 10.2 Å². The summed E-state index contributed by atoms with van der Waals surface area (Å²) in [4.78, 5) is 2.34. The van der Waals surface area contributed by atoms with Crippen LogP contribution in [0.2, 0.25) is 0 Å². The fourth-order valence-corrected chi connectivity index (χ4v) is 2.39. The monoisotopic (exact) mass is 271 g/mol. The standard InChI is InChI=1S/C17H25N3/c1-4-20(12-14-5-6-14)17-8-7-15(9-16(17)10-18)11-19-13(2)3/h7-9,13-14,19H,4-6,11-12H2,1-3H3. The number of hydrogen-bond donors (Lipinski definition) is 1. The number of rotatable bonds is 7. The molecular weight excluding hydrogens is 246 g/mol. The molecule has 0 unspecified atom stereocenters. The summed E-state index contributed by atoms with van der Waals surface area (Å²) in [5, 5.41) is 12.8. The minimum absolute atomic E-state index is 0.460. The number of nitrogens with zero attached hydrogens (tertiary/aromatic N) is 2. The fraction of sp³-hybridized carbons (Fsp3) is 0.588. The van der Waals surface area contributed by atoms with Crippen molar-refractivity contribution < 1.29 is 0 Å². The highest BCUT2D eigenvalue weighted by molar-refractivity contribution is 5.60. The van der Waals surface area contributed by atoms with Crippen LogP contribution in [0.25, 0.3) is 0 Å². The number of anilines is 1. The van der Waals surface area contributed by atoms with Crippen LogP contribution in [0.5, 0.6) is 0 Å². The molecule has 3 heteroatoms. The second kappa shape index (κ2) is 6.76. The molecule has 1 aromatic rings. The van der Waals surface area contributed by atoms with Crippen molar-refractivity contribution in [3.05, 3.63) is 29.3 Å². The van der Waals surface area contributed by atoms with Gasteiger partial charge in [0.25, 0.3) is 0 Å². The molecule has 0 radical (unpaired) electrons. The van der Waals surface area contributed by atoms with E-state index in [-0.39, 0.29) is 0 Å². The summed E-state index contributed by atoms with van der Waals surface area (Å²) in [5.41, 5.74) is 3.08. The van der Waals surface area contributed by atoms with E-state index in [4.69, 9.17) is 0 Å². The lowest BCUT2D eigenvalue weighted by atomic mass is 10.1. The van der Waals surface area contributed by atoms with E-state index in [9.17, 15) is 5.26 Å². The first-order chi connectivity index (χ1) is 9.63. The molecule has 0 spiro atoms. The van der Waals surface area contributed by atoms with E-state index in [2.05, 4.69) is 49.2 Å². The largest absolute Gasteiger partial charge is 0.370 e. The highest BCUT2D eigenvalue weighted by atomic mass is 15.1. The summed E-state index contributed by atoms with van der Waals surface area (Å²) in [6.07, 6.45) is 2.68. The maximum atomic E-state index is 9.42. The summed E-state index contributed by atoms with van der Waals surface area (Å²) in [5.74, 6) is 0.837. The second-order valence-corrected chi connectivity index (χ2v) is 5.98. The highest BCUT2D eigenvalue weighted by Gasteiger charge is 2.24. The molecule has 3 nitrogen and oxygen atoms in total. The SMILES string of the molecule is CCN(CC1CC1)c1ccc(CNC(C)C)cc1C#N. The normalized spacial score (nSPS) is 14.3. The van der Waals surface area contributed by atoms with Crippen molar-refractivity contribution in [2.45, 2.75) is 46.2 Å². The Morgan fingerprint density at radius 2 is 2.15 bits per heavy atom. The second-order valence-electron chi connectivity index (χ2n) is 5.98. The van der Waals surface area contributed by atoms with Gasteiger partial charge in [0.2, 0.25) is 0 Å². The molecule has 1 aromatic carbocycles. The van der Waals surface area contributed by atoms with E-state index in [0.717, 1.165) is 36.8 Å². The van der Waals surface area contributed by atoms with E-state index < -0.39 is 0 Å². The third-order valence-electron chi connectivity index (χ3n) is 3.79. The van der Waals surface area contributed by atoms with Gasteiger partial charge < -0.3 is 10.2 Å². The molecule has 1 saturated carbocycles. The van der Waals surface area contributed by atoms with E-state index >= 15 is 0 Å². The third kappa shape index (κ3) is 3.98. The number of nitrogens with one attached hydrogen (secondary N) is 1. The van der Waals surface area contributed by atoms with E-state index in [1.165, 1.54) is 18.4 Å². The van der Waals surface area contributed by atoms with E-state index in [0.29, 0.717) is 6.04 Å². The zero-order valence-electron chi connectivity index (χ0n) is 12.8. The molecule has 1 aliphatic rings. The molecule has 0 bridgehead atoms. The van der Waals surface area contributed by atoms with E-state index in [1.807, 2.05) is 6.07 Å². The molecule has 1 fully saturated rings. The predicted octanol–water partition coefficient (Wildman–Crippen LogP) is 3.29. The van der Waals surface area contributed by atoms with Crippen LogP contribution in [0.3, 0.4) is 0 Å². The van der Waals surface area contributed by atoms with Gasteiger partial charge >= 0.3 is 0 Å². The smallest absolute Gasteiger partial charge is 0.101 e. The molecule has 20 heavy (non-hydrogen) atoms. The highest BCUT2D eigenvalue weighted by Crippen LogP contribution is 2.32. The Bertz CT molecular complexity index is 483. The molecule has 0 aliphatic heterocycles. The van der Waals surface area contributed by atoms with Gasteiger partial charge in [-0.25, -0.2) is 0 Å². The average molecular weight is 271 g/mol. The van der Waals surface area contributed by atoms with Crippen molar-refractivity contribution in [2.24, 2.45) is 5.92 Å². The summed E-state index contributed by atoms with van der Waals surface area (Å²) >= 11 is 0. The lowest BCUT2D eigenvalue weighted by Gasteiger charge is -2.24. The fourth-order valence-electron chi connectivity index (χ4n) is 2.39. The average Bonchev–Trinajstić information content (AvgIpc) is 3.26. The Morgan fingerprint density at radius 3 is 2.70 bits per heavy atom. The summed E-state index contributed by atoms with van der Waals surface area (Å²) < 4.78 is 0. The van der Waals surface area contributed by atoms with Gasteiger partial charge in [-0.15, -0.1) is 0 Å². The van der Waals surface area contributed by atoms with Gasteiger partial charge in [0.1, 0.15) is 6.07 Å². The van der Waals surface area contributed by atoms with Crippen LogP contribution in [0.1, 0.15) is 44.7 Å². The zero-order valence-corrected chi connectivity index (χ0v) is 12.8. The molecule has 0 heterocycles. The van der Waals surface area contributed by atoms with Gasteiger partial charge in [0.15, 0.2) is 0 Å². The van der Waals surface area contributed by atoms with Crippen molar-refractivity contribution in [2.75, 3.05) is 18.0 Å². The quantitative estimate of drug-likeness (QED) is 0.827. The molecule has 0 aromatic heterocycles. The minimum Gasteiger partial charge on any atom is -0.370 e. The first-order valence-electron chi connectivity index (χ1n) is 7.65. The third-order valence-corrected chi connectivity index (χ3v) is 3.79. The lowest BCUT2D eigenvalue weighted by molar-refractivity contribution is 0.589. The zero-order chi connectivity index (χ0) is 14.5. The van der Waals surface area contributed by atoms with Gasteiger partial charge in [-0.05, 0) is 43.4 Å². The van der Waals surface area contributed by atoms with Crippen LogP contribution in [-0.2, 0) is 6.54 Å². The number of hydrogen-bond acceptors (Lipinski definition) is 3. The molecular formula is C17H25N3. The predicted molar refractivity (Wildman–Crippen MR) is 83.7 cm³/mol. The van der Waals surface area contributed by atoms with Gasteiger partial charge in [-0.1, -0.05) is 19.9 Å². The van der Waals surface area contributed by atoms with Crippen LogP contribution in [0.15, 0.2) is 18.2 Å². The first kappa shape index (κ1) is 14.9. The minimum atomic E-state index is 0.460. The molecule has 1 aliphatic carbocycles. The summed E-state index contributed by atoms with van der Waals surface area (Å²) in [6.45, 7) is 9.31. The Kier molecular flexibility index (Phi) is 5.03. The van der Waals surface area contributed by atoms with Crippen molar-refractivity contribution in [1.29, 1.82) is 5.26 Å². The first-order valence-corrected chi connectivity index (χ1v) is 7.65. The van der Waals surface area contributed by atoms with Crippen LogP contribution in [0.4, 0.5) is 5.69 Å². The maximum Gasteiger partial charge on any atom is 0.101 e. The molecule has 0 atom stereocenters. The Labute approximate surface area is 122 Å². The van der Waals surface area contributed by atoms with Crippen molar-refractivity contribution in [3.8, 4) is 6.07 Å². The summed E-state index contributed by atoms with van der Waals surface area (Å²) in [7, 11) is 0. The molecule has 2 rings (SSSR count). The topological polar surface area (TPSA) is 39.1 Å². The van der Waals surface area contributed by atoms with Crippen molar-refractivity contribution >= 4 is 5.69 Å². The van der Waals surface area contributed by atoms with Gasteiger partial charge in [0, 0.05) is 25.7 Å². The molecule has 0 amide bonds. The molecule has 108 valence electrons. The lowest BCUT2D eigenvalue weighted by Crippen LogP contribution is -2.26. The number of nitriles is 1. The van der Waals surface area contributed by atoms with Gasteiger partial charge in [-0.2, -0.15) is 5.26 Å². The van der Waals surface area contributed by atoms with Crippen molar-refractivity contribution in [1.82, 2.24) is 5.32 Å². The Morgan fingerprint density at radius 1 is 1.40 bits per heavy atom. The van der Waals surface area contributed by atoms with Gasteiger partial charge in [0.05, 0.1) is 11.3 Å². The maximum absolute atomic E-state index is 9.42. The number of benzene rings is 1. The Hall–Kier alpha value is -1.53. The molecule has 1 N–H and O–H groups in total. The van der Waals surface area contributed by atoms with Crippen LogP contribution in [-0.4, -0.2) is 19.1 Å². The molecule has 0 saturated heterocycles. The van der Waals surface area contributed by atoms with Gasteiger partial charge in [-0.3, -0.25) is 0 Å². The Balaban J connectivity index is 2.13. The van der Waals surface area contributed by atoms with E-state index in [1.54, 1.807) is 0 Å².